The van der Waals surface area contributed by atoms with Crippen molar-refractivity contribution in [2.24, 2.45) is 0 Å². The predicted octanol–water partition coefficient (Wildman–Crippen LogP) is 2.08. The number of hydrogen-bond acceptors (Lipinski definition) is 4. The van der Waals surface area contributed by atoms with Crippen LogP contribution < -0.4 is 10.9 Å². The van der Waals surface area contributed by atoms with Crippen LogP contribution in [-0.4, -0.2) is 32.4 Å². The van der Waals surface area contributed by atoms with E-state index in [2.05, 4.69) is 20.6 Å². The van der Waals surface area contributed by atoms with E-state index >= 15 is 0 Å². The molecular formula is C20H17N5O2. The van der Waals surface area contributed by atoms with E-state index in [0.29, 0.717) is 23.7 Å². The Hall–Kier alpha value is -3.74. The summed E-state index contributed by atoms with van der Waals surface area (Å²) < 4.78 is 1.79. The summed E-state index contributed by atoms with van der Waals surface area (Å²) in [5.41, 5.74) is 2.00. The number of amides is 1. The number of hydrogen-bond donors (Lipinski definition) is 2. The van der Waals surface area contributed by atoms with Gasteiger partial charge >= 0.3 is 0 Å². The zero-order valence-electron chi connectivity index (χ0n) is 14.4. The number of nitrogens with one attached hydrogen (secondary N) is 2. The van der Waals surface area contributed by atoms with Crippen molar-refractivity contribution < 1.29 is 4.79 Å². The second-order valence-electron chi connectivity index (χ2n) is 6.07. The first-order valence-electron chi connectivity index (χ1n) is 8.57. The smallest absolute Gasteiger partial charge is 0.272 e. The van der Waals surface area contributed by atoms with E-state index in [1.54, 1.807) is 35.1 Å². The molecule has 1 amide bonds. The summed E-state index contributed by atoms with van der Waals surface area (Å²) in [6.45, 7) is 0.467. The Morgan fingerprint density at radius 1 is 1.04 bits per heavy atom. The van der Waals surface area contributed by atoms with Gasteiger partial charge in [0.2, 0.25) is 0 Å². The molecule has 0 spiro atoms. The van der Waals surface area contributed by atoms with Gasteiger partial charge in [-0.05, 0) is 36.2 Å². The van der Waals surface area contributed by atoms with Gasteiger partial charge in [-0.2, -0.15) is 10.2 Å². The van der Waals surface area contributed by atoms with Crippen LogP contribution in [0.15, 0.2) is 71.8 Å². The molecule has 0 atom stereocenters. The Kier molecular flexibility index (Phi) is 4.49. The number of carbonyl (C=O) groups is 1. The Bertz CT molecular complexity index is 1130. The Morgan fingerprint density at radius 3 is 2.56 bits per heavy atom. The number of rotatable bonds is 5. The van der Waals surface area contributed by atoms with Crippen LogP contribution in [0.25, 0.3) is 16.5 Å². The second kappa shape index (κ2) is 7.25. The molecule has 4 aromatic rings. The van der Waals surface area contributed by atoms with Crippen LogP contribution >= 0.6 is 0 Å². The Labute approximate surface area is 154 Å². The summed E-state index contributed by atoms with van der Waals surface area (Å²) in [6, 6.07) is 16.8. The van der Waals surface area contributed by atoms with Crippen LogP contribution in [0.3, 0.4) is 0 Å². The lowest BCUT2D eigenvalue weighted by molar-refractivity contribution is 0.0950. The fourth-order valence-corrected chi connectivity index (χ4v) is 2.93. The van der Waals surface area contributed by atoms with Gasteiger partial charge in [0.05, 0.1) is 11.1 Å². The third-order valence-electron chi connectivity index (χ3n) is 4.32. The van der Waals surface area contributed by atoms with Gasteiger partial charge in [-0.3, -0.25) is 9.59 Å². The zero-order valence-corrected chi connectivity index (χ0v) is 14.4. The normalized spacial score (nSPS) is 10.8. The maximum atomic E-state index is 12.5. The number of fused-ring (bicyclic) bond motifs is 1. The molecule has 7 heteroatoms. The van der Waals surface area contributed by atoms with Crippen molar-refractivity contribution in [3.63, 3.8) is 0 Å². The lowest BCUT2D eigenvalue weighted by Crippen LogP contribution is -2.28. The fraction of sp³-hybridized carbons (Fsp3) is 0.100. The number of aromatic nitrogens is 4. The summed E-state index contributed by atoms with van der Waals surface area (Å²) in [7, 11) is 0. The van der Waals surface area contributed by atoms with E-state index in [-0.39, 0.29) is 17.2 Å². The molecule has 134 valence electrons. The fourth-order valence-electron chi connectivity index (χ4n) is 2.93. The molecular weight excluding hydrogens is 342 g/mol. The van der Waals surface area contributed by atoms with Gasteiger partial charge in [0.25, 0.3) is 11.5 Å². The monoisotopic (exact) mass is 359 g/mol. The number of H-pyrrole nitrogens is 1. The molecule has 2 aromatic carbocycles. The molecule has 4 rings (SSSR count). The lowest BCUT2D eigenvalue weighted by atomic mass is 10.1. The van der Waals surface area contributed by atoms with Crippen molar-refractivity contribution in [1.29, 1.82) is 0 Å². The maximum Gasteiger partial charge on any atom is 0.272 e. The minimum Gasteiger partial charge on any atom is -0.350 e. The van der Waals surface area contributed by atoms with Crippen molar-refractivity contribution in [2.75, 3.05) is 6.54 Å². The molecule has 2 N–H and O–H groups in total. The molecule has 0 fully saturated rings. The molecule has 27 heavy (non-hydrogen) atoms. The Morgan fingerprint density at radius 2 is 1.81 bits per heavy atom. The molecule has 2 aromatic heterocycles. The van der Waals surface area contributed by atoms with Crippen LogP contribution in [0, 0.1) is 0 Å². The highest BCUT2D eigenvalue weighted by Crippen LogP contribution is 2.12. The molecule has 0 radical (unpaired) electrons. The quantitative estimate of drug-likeness (QED) is 0.571. The first kappa shape index (κ1) is 16.7. The molecule has 0 unspecified atom stereocenters. The van der Waals surface area contributed by atoms with E-state index in [9.17, 15) is 9.59 Å². The first-order chi connectivity index (χ1) is 13.2. The SMILES string of the molecule is O=C(NCCc1ccc(-n2cccn2)cc1)c1n[nH]c(=O)c2ccccc12. The predicted molar refractivity (Wildman–Crippen MR) is 102 cm³/mol. The van der Waals surface area contributed by atoms with Crippen molar-refractivity contribution in [3.8, 4) is 5.69 Å². The summed E-state index contributed by atoms with van der Waals surface area (Å²) in [5, 5.41) is 14.3. The minimum absolute atomic E-state index is 0.222. The van der Waals surface area contributed by atoms with E-state index < -0.39 is 0 Å². The standard InChI is InChI=1S/C20H17N5O2/c26-19-17-5-2-1-4-16(17)18(23-24-19)20(27)21-12-10-14-6-8-15(9-7-14)25-13-3-11-22-25/h1-9,11,13H,10,12H2,(H,21,27)(H,24,26). The van der Waals surface area contributed by atoms with Gasteiger partial charge in [0.1, 0.15) is 0 Å². The average molecular weight is 359 g/mol. The average Bonchev–Trinajstić information content (AvgIpc) is 3.24. The van der Waals surface area contributed by atoms with Gasteiger partial charge in [0, 0.05) is 24.3 Å². The molecule has 0 saturated carbocycles. The number of benzene rings is 2. The van der Waals surface area contributed by atoms with Gasteiger partial charge in [0.15, 0.2) is 5.69 Å². The summed E-state index contributed by atoms with van der Waals surface area (Å²) >= 11 is 0. The van der Waals surface area contributed by atoms with Crippen LogP contribution in [-0.2, 0) is 6.42 Å². The van der Waals surface area contributed by atoms with Crippen molar-refractivity contribution in [2.45, 2.75) is 6.42 Å². The van der Waals surface area contributed by atoms with Gasteiger partial charge in [-0.1, -0.05) is 30.3 Å². The van der Waals surface area contributed by atoms with Crippen LogP contribution in [0.5, 0.6) is 0 Å². The molecule has 0 saturated heterocycles. The summed E-state index contributed by atoms with van der Waals surface area (Å²) in [5.74, 6) is -0.310. The molecule has 7 nitrogen and oxygen atoms in total. The van der Waals surface area contributed by atoms with Crippen LogP contribution in [0.4, 0.5) is 0 Å². The molecule has 0 aliphatic rings. The Balaban J connectivity index is 1.42. The topological polar surface area (TPSA) is 92.7 Å². The number of nitrogens with zero attached hydrogens (tertiary/aromatic N) is 3. The van der Waals surface area contributed by atoms with Crippen molar-refractivity contribution in [3.05, 3.63) is 88.6 Å². The van der Waals surface area contributed by atoms with E-state index in [0.717, 1.165) is 11.3 Å². The first-order valence-corrected chi connectivity index (χ1v) is 8.57. The van der Waals surface area contributed by atoms with E-state index in [1.807, 2.05) is 36.5 Å². The van der Waals surface area contributed by atoms with Crippen LogP contribution in [0.2, 0.25) is 0 Å². The third-order valence-corrected chi connectivity index (χ3v) is 4.32. The highest BCUT2D eigenvalue weighted by Gasteiger charge is 2.13. The lowest BCUT2D eigenvalue weighted by Gasteiger charge is -2.07. The van der Waals surface area contributed by atoms with Gasteiger partial charge in [-0.25, -0.2) is 9.78 Å². The number of aromatic amines is 1. The summed E-state index contributed by atoms with van der Waals surface area (Å²) in [6.07, 6.45) is 4.31. The second-order valence-corrected chi connectivity index (χ2v) is 6.07. The van der Waals surface area contributed by atoms with Crippen LogP contribution in [0.1, 0.15) is 16.1 Å². The van der Waals surface area contributed by atoms with Crippen molar-refractivity contribution in [1.82, 2.24) is 25.3 Å². The minimum atomic E-state index is -0.310. The third kappa shape index (κ3) is 3.48. The van der Waals surface area contributed by atoms with Gasteiger partial charge in [-0.15, -0.1) is 0 Å². The molecule has 0 aliphatic heterocycles. The highest BCUT2D eigenvalue weighted by molar-refractivity contribution is 6.04. The zero-order chi connectivity index (χ0) is 18.6. The van der Waals surface area contributed by atoms with Crippen molar-refractivity contribution >= 4 is 16.7 Å². The van der Waals surface area contributed by atoms with Gasteiger partial charge < -0.3 is 5.32 Å². The van der Waals surface area contributed by atoms with E-state index in [4.69, 9.17) is 0 Å². The highest BCUT2D eigenvalue weighted by atomic mass is 16.2. The molecule has 0 bridgehead atoms. The molecule has 2 heterocycles. The number of carbonyl (C=O) groups excluding carboxylic acids is 1. The van der Waals surface area contributed by atoms with E-state index in [1.165, 1.54) is 0 Å². The summed E-state index contributed by atoms with van der Waals surface area (Å²) in [4.78, 5) is 24.3. The molecule has 0 aliphatic carbocycles. The maximum absolute atomic E-state index is 12.5. The largest absolute Gasteiger partial charge is 0.350 e.